The molecule has 12 heavy (non-hydrogen) atoms. The highest BCUT2D eigenvalue weighted by atomic mass is 17.1. The molecule has 0 fully saturated rings. The van der Waals surface area contributed by atoms with Crippen LogP contribution in [0.4, 0.5) is 0 Å². The zero-order valence-electron chi connectivity index (χ0n) is 7.11. The number of phenolic OH excluding ortho intramolecular Hbond substituents is 1. The van der Waals surface area contributed by atoms with E-state index >= 15 is 0 Å². The topological polar surface area (TPSA) is 49.7 Å². The monoisotopic (exact) mass is 168 g/mol. The highest BCUT2D eigenvalue weighted by molar-refractivity contribution is 5.30. The Labute approximate surface area is 71.2 Å². The predicted octanol–water partition coefficient (Wildman–Crippen LogP) is 2.12. The molecule has 66 valence electrons. The third-order valence-electron chi connectivity index (χ3n) is 1.77. The third-order valence-corrected chi connectivity index (χ3v) is 1.77. The quantitative estimate of drug-likeness (QED) is 0.525. The van der Waals surface area contributed by atoms with E-state index in [4.69, 9.17) is 10.4 Å². The van der Waals surface area contributed by atoms with E-state index < -0.39 is 5.60 Å². The molecule has 0 aromatic heterocycles. The molecule has 0 amide bonds. The van der Waals surface area contributed by atoms with Crippen LogP contribution in [0.5, 0.6) is 5.75 Å². The molecule has 0 bridgehead atoms. The second kappa shape index (κ2) is 3.13. The first kappa shape index (κ1) is 9.03. The van der Waals surface area contributed by atoms with Gasteiger partial charge in [0, 0.05) is 0 Å². The molecule has 0 spiro atoms. The van der Waals surface area contributed by atoms with Crippen LogP contribution in [0.3, 0.4) is 0 Å². The van der Waals surface area contributed by atoms with Crippen LogP contribution in [0.1, 0.15) is 19.4 Å². The minimum Gasteiger partial charge on any atom is -0.508 e. The van der Waals surface area contributed by atoms with E-state index in [0.717, 1.165) is 5.56 Å². The third kappa shape index (κ3) is 1.75. The summed E-state index contributed by atoms with van der Waals surface area (Å²) < 4.78 is 0. The summed E-state index contributed by atoms with van der Waals surface area (Å²) in [4.78, 5) is 4.27. The predicted molar refractivity (Wildman–Crippen MR) is 44.8 cm³/mol. The van der Waals surface area contributed by atoms with Gasteiger partial charge >= 0.3 is 0 Å². The van der Waals surface area contributed by atoms with Gasteiger partial charge in [0.05, 0.1) is 0 Å². The fourth-order valence-corrected chi connectivity index (χ4v) is 0.933. The fraction of sp³-hybridized carbons (Fsp3) is 0.333. The van der Waals surface area contributed by atoms with Crippen molar-refractivity contribution in [1.29, 1.82) is 0 Å². The molecule has 0 aliphatic carbocycles. The fourth-order valence-electron chi connectivity index (χ4n) is 0.933. The van der Waals surface area contributed by atoms with Gasteiger partial charge in [-0.3, -0.25) is 5.26 Å². The molecule has 0 aliphatic heterocycles. The molecule has 0 saturated carbocycles. The highest BCUT2D eigenvalue weighted by Gasteiger charge is 2.21. The lowest BCUT2D eigenvalue weighted by Crippen LogP contribution is -2.19. The van der Waals surface area contributed by atoms with Crippen molar-refractivity contribution >= 4 is 0 Å². The summed E-state index contributed by atoms with van der Waals surface area (Å²) in [6, 6.07) is 6.59. The minimum atomic E-state index is -0.779. The molecule has 3 heteroatoms. The molecule has 1 rings (SSSR count). The summed E-state index contributed by atoms with van der Waals surface area (Å²) in [5.74, 6) is 0.164. The van der Waals surface area contributed by atoms with Gasteiger partial charge in [-0.05, 0) is 31.5 Å². The normalized spacial score (nSPS) is 11.6. The molecule has 0 saturated heterocycles. The van der Waals surface area contributed by atoms with Crippen LogP contribution < -0.4 is 0 Å². The van der Waals surface area contributed by atoms with Crippen molar-refractivity contribution in [2.75, 3.05) is 0 Å². The van der Waals surface area contributed by atoms with Crippen molar-refractivity contribution in [2.24, 2.45) is 0 Å². The van der Waals surface area contributed by atoms with Gasteiger partial charge in [0.2, 0.25) is 0 Å². The molecule has 0 aliphatic rings. The molecule has 1 aromatic rings. The standard InChI is InChI=1S/C9H12O3/c1-9(2,12-11)7-4-3-5-8(10)6-7/h3-6,10-11H,1-2H3. The number of hydrogen-bond acceptors (Lipinski definition) is 3. The molecular weight excluding hydrogens is 156 g/mol. The Hall–Kier alpha value is -1.06. The molecular formula is C9H12O3. The lowest BCUT2D eigenvalue weighted by Gasteiger charge is -2.20. The van der Waals surface area contributed by atoms with Gasteiger partial charge < -0.3 is 5.11 Å². The lowest BCUT2D eigenvalue weighted by atomic mass is 9.98. The van der Waals surface area contributed by atoms with Crippen LogP contribution in [-0.4, -0.2) is 10.4 Å². The Kier molecular flexibility index (Phi) is 2.35. The summed E-state index contributed by atoms with van der Waals surface area (Å²) in [5, 5.41) is 17.7. The minimum absolute atomic E-state index is 0.164. The van der Waals surface area contributed by atoms with Crippen molar-refractivity contribution in [3.63, 3.8) is 0 Å². The Morgan fingerprint density at radius 3 is 2.50 bits per heavy atom. The summed E-state index contributed by atoms with van der Waals surface area (Å²) in [7, 11) is 0. The van der Waals surface area contributed by atoms with Gasteiger partial charge in [-0.15, -0.1) is 0 Å². The van der Waals surface area contributed by atoms with E-state index in [0.29, 0.717) is 0 Å². The average molecular weight is 168 g/mol. The van der Waals surface area contributed by atoms with E-state index in [1.807, 2.05) is 0 Å². The largest absolute Gasteiger partial charge is 0.508 e. The molecule has 2 N–H and O–H groups in total. The van der Waals surface area contributed by atoms with Crippen LogP contribution in [0.2, 0.25) is 0 Å². The maximum Gasteiger partial charge on any atom is 0.123 e. The van der Waals surface area contributed by atoms with E-state index in [1.165, 1.54) is 0 Å². The number of hydrogen-bond donors (Lipinski definition) is 2. The molecule has 0 heterocycles. The van der Waals surface area contributed by atoms with Crippen molar-refractivity contribution in [3.05, 3.63) is 29.8 Å². The second-order valence-corrected chi connectivity index (χ2v) is 3.15. The molecule has 0 unspecified atom stereocenters. The van der Waals surface area contributed by atoms with Crippen molar-refractivity contribution in [1.82, 2.24) is 0 Å². The van der Waals surface area contributed by atoms with E-state index in [-0.39, 0.29) is 5.75 Å². The lowest BCUT2D eigenvalue weighted by molar-refractivity contribution is -0.318. The van der Waals surface area contributed by atoms with Gasteiger partial charge in [-0.2, -0.15) is 0 Å². The van der Waals surface area contributed by atoms with Gasteiger partial charge in [0.1, 0.15) is 11.4 Å². The zero-order valence-corrected chi connectivity index (χ0v) is 7.11. The smallest absolute Gasteiger partial charge is 0.123 e. The van der Waals surface area contributed by atoms with Gasteiger partial charge in [-0.25, -0.2) is 4.89 Å². The summed E-state index contributed by atoms with van der Waals surface area (Å²) >= 11 is 0. The van der Waals surface area contributed by atoms with Crippen LogP contribution in [-0.2, 0) is 10.5 Å². The Bertz CT molecular complexity index is 268. The molecule has 0 atom stereocenters. The van der Waals surface area contributed by atoms with E-state index in [1.54, 1.807) is 38.1 Å². The highest BCUT2D eigenvalue weighted by Crippen LogP contribution is 2.25. The van der Waals surface area contributed by atoms with E-state index in [2.05, 4.69) is 4.89 Å². The molecule has 0 radical (unpaired) electrons. The Balaban J connectivity index is 3.03. The van der Waals surface area contributed by atoms with Crippen LogP contribution >= 0.6 is 0 Å². The van der Waals surface area contributed by atoms with Gasteiger partial charge in [-0.1, -0.05) is 12.1 Å². The first-order valence-corrected chi connectivity index (χ1v) is 3.68. The van der Waals surface area contributed by atoms with Gasteiger partial charge in [0.25, 0.3) is 0 Å². The summed E-state index contributed by atoms with van der Waals surface area (Å²) in [6.07, 6.45) is 0. The van der Waals surface area contributed by atoms with Gasteiger partial charge in [0.15, 0.2) is 0 Å². The van der Waals surface area contributed by atoms with Crippen molar-refractivity contribution in [3.8, 4) is 5.75 Å². The Morgan fingerprint density at radius 2 is 2.00 bits per heavy atom. The maximum absolute atomic E-state index is 9.13. The first-order valence-electron chi connectivity index (χ1n) is 3.68. The zero-order chi connectivity index (χ0) is 9.19. The Morgan fingerprint density at radius 1 is 1.33 bits per heavy atom. The van der Waals surface area contributed by atoms with E-state index in [9.17, 15) is 0 Å². The first-order chi connectivity index (χ1) is 5.56. The van der Waals surface area contributed by atoms with Crippen molar-refractivity contribution in [2.45, 2.75) is 19.4 Å². The number of phenols is 1. The SMILES string of the molecule is CC(C)(OO)c1cccc(O)c1. The number of rotatable bonds is 2. The molecule has 1 aromatic carbocycles. The summed E-state index contributed by atoms with van der Waals surface area (Å²) in [5.41, 5.74) is -0.0522. The van der Waals surface area contributed by atoms with Crippen LogP contribution in [0.25, 0.3) is 0 Å². The number of aromatic hydroxyl groups is 1. The second-order valence-electron chi connectivity index (χ2n) is 3.15. The summed E-state index contributed by atoms with van der Waals surface area (Å²) in [6.45, 7) is 3.42. The van der Waals surface area contributed by atoms with Crippen LogP contribution in [0.15, 0.2) is 24.3 Å². The van der Waals surface area contributed by atoms with Crippen molar-refractivity contribution < 1.29 is 15.3 Å². The van der Waals surface area contributed by atoms with Crippen LogP contribution in [0, 0.1) is 0 Å². The maximum atomic E-state index is 9.13. The number of benzene rings is 1. The molecule has 3 nitrogen and oxygen atoms in total. The average Bonchev–Trinajstić information content (AvgIpc) is 2.05.